The Balaban J connectivity index is 1.59. The van der Waals surface area contributed by atoms with Gasteiger partial charge in [0.1, 0.15) is 29.7 Å². The van der Waals surface area contributed by atoms with Gasteiger partial charge in [0.2, 0.25) is 0 Å². The molecule has 0 bridgehead atoms. The molecule has 0 radical (unpaired) electrons. The second-order valence-corrected chi connectivity index (χ2v) is 10.6. The summed E-state index contributed by atoms with van der Waals surface area (Å²) in [5.74, 6) is -2.48. The summed E-state index contributed by atoms with van der Waals surface area (Å²) < 4.78 is 68.7. The first kappa shape index (κ1) is 26.1. The van der Waals surface area contributed by atoms with Gasteiger partial charge in [0.15, 0.2) is 0 Å². The van der Waals surface area contributed by atoms with E-state index in [1.54, 1.807) is 36.4 Å². The molecule has 1 aliphatic heterocycles. The predicted molar refractivity (Wildman–Crippen MR) is 137 cm³/mol. The van der Waals surface area contributed by atoms with E-state index in [2.05, 4.69) is 4.98 Å². The second kappa shape index (κ2) is 10.7. The number of carboxylic acid groups (broad SMARTS) is 1. The summed E-state index contributed by atoms with van der Waals surface area (Å²) >= 11 is 0. The van der Waals surface area contributed by atoms with E-state index in [9.17, 15) is 22.0 Å². The largest absolute Gasteiger partial charge is 0.493 e. The summed E-state index contributed by atoms with van der Waals surface area (Å²) in [5, 5.41) is 9.14. The van der Waals surface area contributed by atoms with E-state index in [0.29, 0.717) is 36.1 Å². The van der Waals surface area contributed by atoms with Gasteiger partial charge in [0.05, 0.1) is 35.0 Å². The zero-order chi connectivity index (χ0) is 27.6. The molecule has 5 rings (SSSR count). The lowest BCUT2D eigenvalue weighted by atomic mass is 10.1. The van der Waals surface area contributed by atoms with Crippen LogP contribution >= 0.6 is 0 Å². The van der Waals surface area contributed by atoms with Gasteiger partial charge in [-0.3, -0.25) is 9.29 Å². The van der Waals surface area contributed by atoms with Gasteiger partial charge in [-0.1, -0.05) is 18.2 Å². The number of benzene rings is 3. The molecule has 2 heterocycles. The molecule has 11 heteroatoms. The van der Waals surface area contributed by atoms with E-state index in [1.807, 2.05) is 0 Å². The molecule has 4 aromatic rings. The molecule has 0 amide bonds. The minimum Gasteiger partial charge on any atom is -0.493 e. The number of carbonyl (C=O) groups is 1. The average Bonchev–Trinajstić information content (AvgIpc) is 3.37. The molecule has 0 spiro atoms. The molecule has 0 saturated heterocycles. The molecule has 0 fully saturated rings. The number of hydrogen-bond acceptors (Lipinski definition) is 6. The zero-order valence-electron chi connectivity index (χ0n) is 20.4. The first-order valence-electron chi connectivity index (χ1n) is 11.8. The van der Waals surface area contributed by atoms with Crippen LogP contribution < -0.4 is 13.8 Å². The van der Waals surface area contributed by atoms with Crippen molar-refractivity contribution in [1.29, 1.82) is 0 Å². The van der Waals surface area contributed by atoms with Crippen molar-refractivity contribution in [3.05, 3.63) is 113 Å². The third-order valence-corrected chi connectivity index (χ3v) is 7.83. The first-order chi connectivity index (χ1) is 18.7. The van der Waals surface area contributed by atoms with Crippen LogP contribution in [0.2, 0.25) is 0 Å². The summed E-state index contributed by atoms with van der Waals surface area (Å²) in [7, 11) is -4.52. The molecule has 3 aromatic carbocycles. The molecule has 200 valence electrons. The Bertz CT molecular complexity index is 1610. The number of ether oxygens (including phenoxy) is 2. The lowest BCUT2D eigenvalue weighted by molar-refractivity contribution is 0.0696. The van der Waals surface area contributed by atoms with Gasteiger partial charge in [-0.15, -0.1) is 0 Å². The highest BCUT2D eigenvalue weighted by atomic mass is 32.2. The molecule has 0 atom stereocenters. The number of fused-ring (bicyclic) bond motifs is 1. The first-order valence-corrected chi connectivity index (χ1v) is 13.3. The molecular weight excluding hydrogens is 530 g/mol. The van der Waals surface area contributed by atoms with Crippen LogP contribution in [0.15, 0.2) is 83.9 Å². The highest BCUT2D eigenvalue weighted by Crippen LogP contribution is 2.41. The van der Waals surface area contributed by atoms with Crippen LogP contribution in [0, 0.1) is 11.6 Å². The number of anilines is 1. The number of carboxylic acids is 1. The quantitative estimate of drug-likeness (QED) is 0.313. The average molecular weight is 553 g/mol. The third-order valence-electron chi connectivity index (χ3n) is 6.09. The third kappa shape index (κ3) is 5.68. The van der Waals surface area contributed by atoms with Crippen LogP contribution in [-0.4, -0.2) is 31.1 Å². The van der Waals surface area contributed by atoms with Gasteiger partial charge in [-0.2, -0.15) is 0 Å². The number of sulfonamides is 1. The highest BCUT2D eigenvalue weighted by molar-refractivity contribution is 7.92. The topological polar surface area (TPSA) is 106 Å². The molecule has 1 N–H and O–H groups in total. The van der Waals surface area contributed by atoms with E-state index in [-0.39, 0.29) is 30.2 Å². The van der Waals surface area contributed by atoms with Gasteiger partial charge in [0.25, 0.3) is 10.0 Å². The van der Waals surface area contributed by atoms with Gasteiger partial charge < -0.3 is 14.6 Å². The number of nitrogens with zero attached hydrogens (tertiary/aromatic N) is 2. The summed E-state index contributed by atoms with van der Waals surface area (Å²) in [5.41, 5.74) is 2.04. The van der Waals surface area contributed by atoms with E-state index in [0.717, 1.165) is 22.0 Å². The highest BCUT2D eigenvalue weighted by Gasteiger charge is 2.31. The molecule has 1 aliphatic rings. The van der Waals surface area contributed by atoms with Crippen molar-refractivity contribution in [2.75, 3.05) is 10.9 Å². The van der Waals surface area contributed by atoms with E-state index in [4.69, 9.17) is 14.6 Å². The predicted octanol–water partition coefficient (Wildman–Crippen LogP) is 4.97. The van der Waals surface area contributed by atoms with Crippen molar-refractivity contribution < 1.29 is 36.6 Å². The Labute approximate surface area is 223 Å². The molecule has 0 saturated carbocycles. The van der Waals surface area contributed by atoms with Crippen LogP contribution in [0.3, 0.4) is 0 Å². The van der Waals surface area contributed by atoms with Crippen LogP contribution in [0.5, 0.6) is 11.5 Å². The van der Waals surface area contributed by atoms with Crippen molar-refractivity contribution in [1.82, 2.24) is 4.98 Å². The summed E-state index contributed by atoms with van der Waals surface area (Å²) in [6, 6.07) is 16.4. The van der Waals surface area contributed by atoms with Gasteiger partial charge in [-0.25, -0.2) is 22.0 Å². The number of pyridine rings is 1. The fourth-order valence-electron chi connectivity index (χ4n) is 4.15. The lowest BCUT2D eigenvalue weighted by Gasteiger charge is -2.27. The van der Waals surface area contributed by atoms with Crippen molar-refractivity contribution in [2.45, 2.75) is 24.5 Å². The SMILES string of the molecule is O=C(O)c1ccc(COc2cc3c(cc2N(Cc2ccccn2)S(=O)(=O)c2cc(F)cc(F)c2)OCC3)cc1. The smallest absolute Gasteiger partial charge is 0.335 e. The van der Waals surface area contributed by atoms with Crippen molar-refractivity contribution in [3.8, 4) is 11.5 Å². The van der Waals surface area contributed by atoms with Crippen LogP contribution in [0.25, 0.3) is 0 Å². The standard InChI is InChI=1S/C28H22F2N2O6S/c29-21-12-22(30)14-24(13-21)39(35,36)32(16-23-3-1-2-9-31-23)25-15-26-20(8-10-37-26)11-27(25)38-17-18-4-6-19(7-5-18)28(33)34/h1-7,9,11-15H,8,10,16-17H2,(H,33,34). The molecule has 39 heavy (non-hydrogen) atoms. The minimum atomic E-state index is -4.52. The number of hydrogen-bond donors (Lipinski definition) is 1. The Hall–Kier alpha value is -4.51. The van der Waals surface area contributed by atoms with Crippen LogP contribution in [0.4, 0.5) is 14.5 Å². The summed E-state index contributed by atoms with van der Waals surface area (Å²) in [6.45, 7) is 0.138. The van der Waals surface area contributed by atoms with E-state index in [1.165, 1.54) is 24.4 Å². The van der Waals surface area contributed by atoms with Crippen molar-refractivity contribution in [3.63, 3.8) is 0 Å². The van der Waals surface area contributed by atoms with Crippen LogP contribution in [0.1, 0.15) is 27.2 Å². The van der Waals surface area contributed by atoms with Crippen LogP contribution in [-0.2, 0) is 29.6 Å². The fourth-order valence-corrected chi connectivity index (χ4v) is 5.63. The fraction of sp³-hybridized carbons (Fsp3) is 0.143. The number of rotatable bonds is 9. The molecule has 0 aliphatic carbocycles. The summed E-state index contributed by atoms with van der Waals surface area (Å²) in [6.07, 6.45) is 2.09. The lowest BCUT2D eigenvalue weighted by Crippen LogP contribution is -2.31. The van der Waals surface area contributed by atoms with Gasteiger partial charge >= 0.3 is 5.97 Å². The second-order valence-electron chi connectivity index (χ2n) is 8.75. The minimum absolute atomic E-state index is 0.00138. The maximum absolute atomic E-state index is 14.1. The monoisotopic (exact) mass is 552 g/mol. The van der Waals surface area contributed by atoms with Crippen molar-refractivity contribution >= 4 is 21.7 Å². The van der Waals surface area contributed by atoms with Gasteiger partial charge in [0, 0.05) is 30.3 Å². The zero-order valence-corrected chi connectivity index (χ0v) is 21.2. The Morgan fingerprint density at radius 3 is 2.44 bits per heavy atom. The molecule has 0 unspecified atom stereocenters. The normalized spacial score (nSPS) is 12.5. The molecule has 8 nitrogen and oxygen atoms in total. The number of halogens is 2. The van der Waals surface area contributed by atoms with E-state index >= 15 is 0 Å². The van der Waals surface area contributed by atoms with E-state index < -0.39 is 32.5 Å². The Morgan fingerprint density at radius 1 is 1.03 bits per heavy atom. The van der Waals surface area contributed by atoms with Crippen molar-refractivity contribution in [2.24, 2.45) is 0 Å². The maximum Gasteiger partial charge on any atom is 0.335 e. The molecular formula is C28H22F2N2O6S. The number of aromatic carboxylic acids is 1. The Morgan fingerprint density at radius 2 is 1.77 bits per heavy atom. The maximum atomic E-state index is 14.1. The number of aromatic nitrogens is 1. The molecule has 1 aromatic heterocycles. The summed E-state index contributed by atoms with van der Waals surface area (Å²) in [4.78, 5) is 14.8. The van der Waals surface area contributed by atoms with Gasteiger partial charge in [-0.05, 0) is 48.0 Å². The Kier molecular flexibility index (Phi) is 7.16.